The Morgan fingerprint density at radius 3 is 2.76 bits per heavy atom. The standard InChI is InChI=1S/C14H20N2O4S/c1-3-11-9-16(10(2)17)13-8-12(4-5-14(13)20-11)21(18,19)7-6-15/h4-5,8,11H,3,6-7,9,15H2,1-2H3. The number of amides is 1. The Hall–Kier alpha value is -1.60. The normalized spacial score (nSPS) is 18.0. The first-order chi connectivity index (χ1) is 9.89. The molecule has 1 amide bonds. The zero-order valence-corrected chi connectivity index (χ0v) is 13.0. The number of carbonyl (C=O) groups excluding carboxylic acids is 1. The highest BCUT2D eigenvalue weighted by Gasteiger charge is 2.28. The number of sulfone groups is 1. The Morgan fingerprint density at radius 1 is 1.48 bits per heavy atom. The van der Waals surface area contributed by atoms with Crippen molar-refractivity contribution in [3.63, 3.8) is 0 Å². The largest absolute Gasteiger partial charge is 0.486 e. The maximum Gasteiger partial charge on any atom is 0.224 e. The van der Waals surface area contributed by atoms with Gasteiger partial charge in [0.25, 0.3) is 0 Å². The quantitative estimate of drug-likeness (QED) is 0.894. The molecular formula is C14H20N2O4S. The minimum atomic E-state index is -3.43. The van der Waals surface area contributed by atoms with Gasteiger partial charge >= 0.3 is 0 Å². The van der Waals surface area contributed by atoms with E-state index < -0.39 is 9.84 Å². The third kappa shape index (κ3) is 3.19. The van der Waals surface area contributed by atoms with Crippen molar-refractivity contribution in [2.45, 2.75) is 31.3 Å². The second-order valence-electron chi connectivity index (χ2n) is 5.01. The van der Waals surface area contributed by atoms with Gasteiger partial charge in [-0.2, -0.15) is 0 Å². The first kappa shape index (κ1) is 15.8. The minimum absolute atomic E-state index is 0.0598. The van der Waals surface area contributed by atoms with Crippen molar-refractivity contribution < 1.29 is 17.9 Å². The van der Waals surface area contributed by atoms with Gasteiger partial charge in [-0.15, -0.1) is 0 Å². The number of carbonyl (C=O) groups is 1. The Kier molecular flexibility index (Phi) is 4.53. The molecule has 0 saturated carbocycles. The van der Waals surface area contributed by atoms with Crippen LogP contribution >= 0.6 is 0 Å². The van der Waals surface area contributed by atoms with E-state index in [0.29, 0.717) is 18.0 Å². The van der Waals surface area contributed by atoms with Crippen LogP contribution in [0, 0.1) is 0 Å². The summed E-state index contributed by atoms with van der Waals surface area (Å²) in [6.07, 6.45) is 0.698. The molecule has 2 rings (SSSR count). The fourth-order valence-electron chi connectivity index (χ4n) is 2.30. The van der Waals surface area contributed by atoms with Gasteiger partial charge in [0.1, 0.15) is 11.9 Å². The molecule has 1 aliphatic rings. The lowest BCUT2D eigenvalue weighted by Gasteiger charge is -2.34. The van der Waals surface area contributed by atoms with Crippen LogP contribution in [0.1, 0.15) is 20.3 Å². The number of hydrogen-bond donors (Lipinski definition) is 1. The molecule has 0 aromatic heterocycles. The average Bonchev–Trinajstić information content (AvgIpc) is 2.45. The third-order valence-corrected chi connectivity index (χ3v) is 5.23. The maximum atomic E-state index is 12.1. The Morgan fingerprint density at radius 2 is 2.19 bits per heavy atom. The van der Waals surface area contributed by atoms with Gasteiger partial charge in [-0.3, -0.25) is 4.79 Å². The number of nitrogens with zero attached hydrogens (tertiary/aromatic N) is 1. The summed E-state index contributed by atoms with van der Waals surface area (Å²) < 4.78 is 30.0. The SMILES string of the molecule is CCC1CN(C(C)=O)c2cc(S(=O)(=O)CCN)ccc2O1. The Labute approximate surface area is 124 Å². The summed E-state index contributed by atoms with van der Waals surface area (Å²) in [7, 11) is -3.43. The zero-order chi connectivity index (χ0) is 15.6. The van der Waals surface area contributed by atoms with Crippen LogP contribution in [0.5, 0.6) is 5.75 Å². The van der Waals surface area contributed by atoms with Gasteiger partial charge in [0, 0.05) is 13.5 Å². The van der Waals surface area contributed by atoms with Crippen molar-refractivity contribution in [2.75, 3.05) is 23.7 Å². The van der Waals surface area contributed by atoms with Gasteiger partial charge in [-0.1, -0.05) is 6.92 Å². The minimum Gasteiger partial charge on any atom is -0.486 e. The fourth-order valence-corrected chi connectivity index (χ4v) is 3.42. The van der Waals surface area contributed by atoms with E-state index in [1.54, 1.807) is 11.0 Å². The van der Waals surface area contributed by atoms with Crippen LogP contribution in [0.4, 0.5) is 5.69 Å². The fraction of sp³-hybridized carbons (Fsp3) is 0.500. The van der Waals surface area contributed by atoms with Crippen molar-refractivity contribution in [1.82, 2.24) is 0 Å². The van der Waals surface area contributed by atoms with Crippen molar-refractivity contribution in [3.05, 3.63) is 18.2 Å². The second kappa shape index (κ2) is 6.03. The van der Waals surface area contributed by atoms with Gasteiger partial charge in [-0.25, -0.2) is 8.42 Å². The first-order valence-electron chi connectivity index (χ1n) is 6.90. The predicted octanol–water partition coefficient (Wildman–Crippen LogP) is 0.943. The number of hydrogen-bond acceptors (Lipinski definition) is 5. The highest BCUT2D eigenvalue weighted by molar-refractivity contribution is 7.91. The first-order valence-corrected chi connectivity index (χ1v) is 8.56. The van der Waals surface area contributed by atoms with E-state index in [2.05, 4.69) is 0 Å². The molecule has 0 saturated heterocycles. The number of rotatable bonds is 4. The maximum absolute atomic E-state index is 12.1. The van der Waals surface area contributed by atoms with Gasteiger partial charge in [0.2, 0.25) is 5.91 Å². The summed E-state index contributed by atoms with van der Waals surface area (Å²) in [5.74, 6) is 0.283. The molecule has 2 N–H and O–H groups in total. The molecule has 1 heterocycles. The summed E-state index contributed by atoms with van der Waals surface area (Å²) in [6.45, 7) is 3.93. The molecule has 7 heteroatoms. The second-order valence-corrected chi connectivity index (χ2v) is 7.12. The van der Waals surface area contributed by atoms with Crippen LogP contribution in [0.2, 0.25) is 0 Å². The van der Waals surface area contributed by atoms with Gasteiger partial charge in [-0.05, 0) is 24.6 Å². The molecule has 1 aliphatic heterocycles. The molecule has 6 nitrogen and oxygen atoms in total. The molecule has 1 aromatic rings. The molecule has 0 fully saturated rings. The van der Waals surface area contributed by atoms with Crippen molar-refractivity contribution in [1.29, 1.82) is 0 Å². The average molecular weight is 312 g/mol. The smallest absolute Gasteiger partial charge is 0.224 e. The number of fused-ring (bicyclic) bond motifs is 1. The van der Waals surface area contributed by atoms with Crippen LogP contribution in [0.15, 0.2) is 23.1 Å². The number of ether oxygens (including phenoxy) is 1. The lowest BCUT2D eigenvalue weighted by Crippen LogP contribution is -2.42. The van der Waals surface area contributed by atoms with Crippen molar-refractivity contribution in [3.8, 4) is 5.75 Å². The van der Waals surface area contributed by atoms with Gasteiger partial charge in [0.15, 0.2) is 9.84 Å². The number of anilines is 1. The lowest BCUT2D eigenvalue weighted by atomic mass is 10.1. The van der Waals surface area contributed by atoms with E-state index in [1.807, 2.05) is 6.92 Å². The predicted molar refractivity (Wildman–Crippen MR) is 80.3 cm³/mol. The van der Waals surface area contributed by atoms with E-state index in [1.165, 1.54) is 19.1 Å². The summed E-state index contributed by atoms with van der Waals surface area (Å²) in [5.41, 5.74) is 5.84. The summed E-state index contributed by atoms with van der Waals surface area (Å²) >= 11 is 0. The Balaban J connectivity index is 2.47. The lowest BCUT2D eigenvalue weighted by molar-refractivity contribution is -0.117. The van der Waals surface area contributed by atoms with E-state index in [0.717, 1.165) is 6.42 Å². The summed E-state index contributed by atoms with van der Waals surface area (Å²) in [6, 6.07) is 4.60. The van der Waals surface area contributed by atoms with Crippen molar-refractivity contribution in [2.24, 2.45) is 5.73 Å². The molecule has 0 aliphatic carbocycles. The molecule has 0 spiro atoms. The van der Waals surface area contributed by atoms with Crippen LogP contribution in [-0.2, 0) is 14.6 Å². The van der Waals surface area contributed by atoms with Crippen LogP contribution in [0.3, 0.4) is 0 Å². The molecule has 1 unspecified atom stereocenters. The highest BCUT2D eigenvalue weighted by Crippen LogP contribution is 2.36. The van der Waals surface area contributed by atoms with E-state index >= 15 is 0 Å². The molecule has 21 heavy (non-hydrogen) atoms. The molecule has 116 valence electrons. The Bertz CT molecular complexity index is 642. The van der Waals surface area contributed by atoms with Crippen molar-refractivity contribution >= 4 is 21.4 Å². The highest BCUT2D eigenvalue weighted by atomic mass is 32.2. The molecular weight excluding hydrogens is 292 g/mol. The topological polar surface area (TPSA) is 89.7 Å². The van der Waals surface area contributed by atoms with E-state index in [9.17, 15) is 13.2 Å². The van der Waals surface area contributed by atoms with Gasteiger partial charge < -0.3 is 15.4 Å². The number of benzene rings is 1. The number of nitrogens with two attached hydrogens (primary N) is 1. The molecule has 0 bridgehead atoms. The van der Waals surface area contributed by atoms with Crippen LogP contribution < -0.4 is 15.4 Å². The zero-order valence-electron chi connectivity index (χ0n) is 12.2. The van der Waals surface area contributed by atoms with E-state index in [4.69, 9.17) is 10.5 Å². The third-order valence-electron chi connectivity index (χ3n) is 3.48. The van der Waals surface area contributed by atoms with Crippen LogP contribution in [0.25, 0.3) is 0 Å². The summed E-state index contributed by atoms with van der Waals surface area (Å²) in [5, 5.41) is 0. The van der Waals surface area contributed by atoms with Gasteiger partial charge in [0.05, 0.1) is 22.9 Å². The molecule has 0 radical (unpaired) electrons. The molecule has 1 aromatic carbocycles. The van der Waals surface area contributed by atoms with E-state index in [-0.39, 0.29) is 29.2 Å². The monoisotopic (exact) mass is 312 g/mol. The summed E-state index contributed by atoms with van der Waals surface area (Å²) in [4.78, 5) is 13.5. The van der Waals surface area contributed by atoms with Crippen LogP contribution in [-0.4, -0.2) is 39.3 Å². The molecule has 1 atom stereocenters.